The number of methoxy groups -OCH3 is 2. The maximum Gasteiger partial charge on any atom is 0.218 e. The molecule has 1 rings (SSSR count). The van der Waals surface area contributed by atoms with E-state index in [1.54, 1.807) is 14.2 Å². The van der Waals surface area contributed by atoms with Gasteiger partial charge >= 0.3 is 0 Å². The van der Waals surface area contributed by atoms with Crippen LogP contribution < -0.4 is 15.4 Å². The molecule has 0 radical (unpaired) electrons. The summed E-state index contributed by atoms with van der Waals surface area (Å²) < 4.78 is 10.3. The Kier molecular flexibility index (Phi) is 6.38. The van der Waals surface area contributed by atoms with Gasteiger partial charge in [-0.25, -0.2) is 4.98 Å². The molecule has 102 valence electrons. The lowest BCUT2D eigenvalue weighted by Crippen LogP contribution is -2.30. The van der Waals surface area contributed by atoms with E-state index in [2.05, 4.69) is 14.9 Å². The zero-order chi connectivity index (χ0) is 13.4. The number of anilines is 1. The Balaban J connectivity index is 2.84. The van der Waals surface area contributed by atoms with Crippen LogP contribution in [-0.4, -0.2) is 50.4 Å². The van der Waals surface area contributed by atoms with Gasteiger partial charge in [0.15, 0.2) is 0 Å². The molecular weight excluding hydrogens is 232 g/mol. The van der Waals surface area contributed by atoms with Crippen molar-refractivity contribution in [2.75, 3.05) is 45.4 Å². The van der Waals surface area contributed by atoms with Gasteiger partial charge in [-0.05, 0) is 19.9 Å². The number of aryl methyl sites for hydroxylation is 1. The highest BCUT2D eigenvalue weighted by Crippen LogP contribution is 2.17. The Labute approximate surface area is 108 Å². The van der Waals surface area contributed by atoms with Crippen LogP contribution in [0.25, 0.3) is 0 Å². The van der Waals surface area contributed by atoms with Gasteiger partial charge in [-0.1, -0.05) is 0 Å². The highest BCUT2D eigenvalue weighted by Gasteiger charge is 2.10. The van der Waals surface area contributed by atoms with E-state index in [-0.39, 0.29) is 0 Å². The van der Waals surface area contributed by atoms with Gasteiger partial charge in [-0.2, -0.15) is 4.98 Å². The van der Waals surface area contributed by atoms with Crippen LogP contribution in [0, 0.1) is 6.92 Å². The summed E-state index contributed by atoms with van der Waals surface area (Å²) in [5.41, 5.74) is 5.55. The molecule has 0 fully saturated rings. The summed E-state index contributed by atoms with van der Waals surface area (Å²) in [6, 6.07) is 1.83. The van der Waals surface area contributed by atoms with Crippen molar-refractivity contribution in [3.8, 4) is 5.88 Å². The van der Waals surface area contributed by atoms with Crippen molar-refractivity contribution in [1.29, 1.82) is 0 Å². The van der Waals surface area contributed by atoms with Crippen molar-refractivity contribution in [2.45, 2.75) is 13.3 Å². The van der Waals surface area contributed by atoms with E-state index in [1.807, 2.05) is 13.0 Å². The largest absolute Gasteiger partial charge is 0.481 e. The van der Waals surface area contributed by atoms with Crippen LogP contribution in [0.1, 0.15) is 12.2 Å². The molecular formula is C12H22N4O2. The number of aromatic nitrogens is 2. The smallest absolute Gasteiger partial charge is 0.218 e. The first kappa shape index (κ1) is 14.7. The Morgan fingerprint density at radius 1 is 1.28 bits per heavy atom. The first-order valence-electron chi connectivity index (χ1n) is 6.05. The Bertz CT molecular complexity index is 352. The molecule has 1 aromatic rings. The maximum atomic E-state index is 5.55. The summed E-state index contributed by atoms with van der Waals surface area (Å²) in [6.45, 7) is 4.78. The van der Waals surface area contributed by atoms with Gasteiger partial charge in [0.2, 0.25) is 5.88 Å². The molecule has 0 atom stereocenters. The second-order valence-electron chi connectivity index (χ2n) is 3.94. The molecule has 2 N–H and O–H groups in total. The number of nitrogens with two attached hydrogens (primary N) is 1. The Morgan fingerprint density at radius 3 is 2.67 bits per heavy atom. The maximum absolute atomic E-state index is 5.55. The highest BCUT2D eigenvalue weighted by molar-refractivity contribution is 5.41. The van der Waals surface area contributed by atoms with Crippen LogP contribution in [0.4, 0.5) is 5.82 Å². The summed E-state index contributed by atoms with van der Waals surface area (Å²) in [4.78, 5) is 10.7. The van der Waals surface area contributed by atoms with Gasteiger partial charge < -0.3 is 20.1 Å². The third-order valence-corrected chi connectivity index (χ3v) is 2.53. The van der Waals surface area contributed by atoms with E-state index in [0.29, 0.717) is 24.9 Å². The number of nitrogens with zero attached hydrogens (tertiary/aromatic N) is 3. The fraction of sp³-hybridized carbons (Fsp3) is 0.667. The monoisotopic (exact) mass is 254 g/mol. The van der Waals surface area contributed by atoms with Crippen LogP contribution in [0.3, 0.4) is 0 Å². The predicted molar refractivity (Wildman–Crippen MR) is 71.1 cm³/mol. The van der Waals surface area contributed by atoms with Gasteiger partial charge in [-0.3, -0.25) is 0 Å². The van der Waals surface area contributed by atoms with Crippen LogP contribution in [0.15, 0.2) is 6.07 Å². The lowest BCUT2D eigenvalue weighted by molar-refractivity contribution is 0.205. The van der Waals surface area contributed by atoms with Crippen molar-refractivity contribution >= 4 is 5.82 Å². The van der Waals surface area contributed by atoms with Crippen molar-refractivity contribution in [1.82, 2.24) is 9.97 Å². The standard InChI is InChI=1S/C12H22N4O2/c1-10-14-11(9-12(15-10)18-3)16(6-4-5-13)7-8-17-2/h9H,4-8,13H2,1-3H3. The average Bonchev–Trinajstić information content (AvgIpc) is 2.38. The molecule has 1 heterocycles. The summed E-state index contributed by atoms with van der Waals surface area (Å²) in [5, 5.41) is 0. The molecule has 0 spiro atoms. The fourth-order valence-corrected chi connectivity index (χ4v) is 1.62. The second kappa shape index (κ2) is 7.84. The van der Waals surface area contributed by atoms with Gasteiger partial charge in [0.05, 0.1) is 13.7 Å². The molecule has 6 heteroatoms. The normalized spacial score (nSPS) is 10.4. The molecule has 1 aromatic heterocycles. The molecule has 0 aromatic carbocycles. The van der Waals surface area contributed by atoms with Crippen LogP contribution in [0.2, 0.25) is 0 Å². The topological polar surface area (TPSA) is 73.5 Å². The van der Waals surface area contributed by atoms with Crippen molar-refractivity contribution in [3.63, 3.8) is 0 Å². The number of hydrogen-bond acceptors (Lipinski definition) is 6. The van der Waals surface area contributed by atoms with Crippen molar-refractivity contribution < 1.29 is 9.47 Å². The quantitative estimate of drug-likeness (QED) is 0.732. The third-order valence-electron chi connectivity index (χ3n) is 2.53. The van der Waals surface area contributed by atoms with Gasteiger partial charge in [0, 0.05) is 26.3 Å². The van der Waals surface area contributed by atoms with Gasteiger partial charge in [-0.15, -0.1) is 0 Å². The lowest BCUT2D eigenvalue weighted by atomic mass is 10.3. The summed E-state index contributed by atoms with van der Waals surface area (Å²) in [5.74, 6) is 2.12. The zero-order valence-electron chi connectivity index (χ0n) is 11.3. The average molecular weight is 254 g/mol. The van der Waals surface area contributed by atoms with Gasteiger partial charge in [0.25, 0.3) is 0 Å². The molecule has 6 nitrogen and oxygen atoms in total. The van der Waals surface area contributed by atoms with E-state index in [1.165, 1.54) is 0 Å². The minimum Gasteiger partial charge on any atom is -0.481 e. The van der Waals surface area contributed by atoms with Crippen molar-refractivity contribution in [2.24, 2.45) is 5.73 Å². The molecule has 0 bridgehead atoms. The van der Waals surface area contributed by atoms with Crippen molar-refractivity contribution in [3.05, 3.63) is 11.9 Å². The van der Waals surface area contributed by atoms with E-state index in [0.717, 1.165) is 25.3 Å². The molecule has 0 aliphatic carbocycles. The zero-order valence-corrected chi connectivity index (χ0v) is 11.3. The van der Waals surface area contributed by atoms with Gasteiger partial charge in [0.1, 0.15) is 11.6 Å². The molecule has 0 amide bonds. The Hall–Kier alpha value is -1.40. The fourth-order valence-electron chi connectivity index (χ4n) is 1.62. The first-order chi connectivity index (χ1) is 8.71. The predicted octanol–water partition coefficient (Wildman–Crippen LogP) is 0.595. The summed E-state index contributed by atoms with van der Waals surface area (Å²) in [6.07, 6.45) is 0.912. The summed E-state index contributed by atoms with van der Waals surface area (Å²) >= 11 is 0. The lowest BCUT2D eigenvalue weighted by Gasteiger charge is -2.23. The minimum absolute atomic E-state index is 0.577. The molecule has 18 heavy (non-hydrogen) atoms. The van der Waals surface area contributed by atoms with E-state index in [4.69, 9.17) is 15.2 Å². The summed E-state index contributed by atoms with van der Waals surface area (Å²) in [7, 11) is 3.29. The number of rotatable bonds is 8. The minimum atomic E-state index is 0.577. The third kappa shape index (κ3) is 4.46. The number of ether oxygens (including phenoxy) is 2. The molecule has 0 aliphatic rings. The molecule has 0 saturated heterocycles. The molecule has 0 unspecified atom stereocenters. The van der Waals surface area contributed by atoms with E-state index < -0.39 is 0 Å². The van der Waals surface area contributed by atoms with Crippen LogP contribution >= 0.6 is 0 Å². The SMILES string of the molecule is COCCN(CCCN)c1cc(OC)nc(C)n1. The van der Waals surface area contributed by atoms with Crippen LogP contribution in [0.5, 0.6) is 5.88 Å². The Morgan fingerprint density at radius 2 is 2.06 bits per heavy atom. The van der Waals surface area contributed by atoms with E-state index >= 15 is 0 Å². The van der Waals surface area contributed by atoms with Crippen LogP contribution in [-0.2, 0) is 4.74 Å². The molecule has 0 aliphatic heterocycles. The number of hydrogen-bond donors (Lipinski definition) is 1. The van der Waals surface area contributed by atoms with E-state index in [9.17, 15) is 0 Å². The second-order valence-corrected chi connectivity index (χ2v) is 3.94. The molecule has 0 saturated carbocycles. The highest BCUT2D eigenvalue weighted by atomic mass is 16.5. The first-order valence-corrected chi connectivity index (χ1v) is 6.05.